The Balaban J connectivity index is 1.41. The number of ketones is 1. The molecular formula is C44H30N4O. The van der Waals surface area contributed by atoms with Gasteiger partial charge in [0.05, 0.1) is 11.4 Å². The zero-order chi connectivity index (χ0) is 32.7. The van der Waals surface area contributed by atoms with Gasteiger partial charge in [0, 0.05) is 55.8 Å². The number of hydrogen-bond acceptors (Lipinski definition) is 2. The summed E-state index contributed by atoms with van der Waals surface area (Å²) in [5.74, 6) is -0.0305. The Labute approximate surface area is 283 Å². The number of fused-ring (bicyclic) bond motifs is 7. The Morgan fingerprint density at radius 3 is 1.35 bits per heavy atom. The first-order valence-electron chi connectivity index (χ1n) is 16.3. The molecule has 3 aromatic heterocycles. The number of H-pyrrole nitrogens is 3. The molecule has 2 aliphatic heterocycles. The molecule has 3 N–H and O–H groups in total. The van der Waals surface area contributed by atoms with Gasteiger partial charge in [0.2, 0.25) is 0 Å². The lowest BCUT2D eigenvalue weighted by atomic mass is 9.96. The summed E-state index contributed by atoms with van der Waals surface area (Å²) in [4.78, 5) is 28.8. The summed E-state index contributed by atoms with van der Waals surface area (Å²) < 4.78 is 0. The summed E-state index contributed by atoms with van der Waals surface area (Å²) in [5, 5.41) is 1.99. The van der Waals surface area contributed by atoms with E-state index in [1.807, 2.05) is 30.4 Å². The maximum absolute atomic E-state index is 12.2. The second-order valence-corrected chi connectivity index (χ2v) is 12.2. The molecular weight excluding hydrogens is 601 g/mol. The Hall–Kier alpha value is -6.72. The van der Waals surface area contributed by atoms with Gasteiger partial charge in [-0.25, -0.2) is 4.99 Å². The first-order chi connectivity index (χ1) is 24.2. The lowest BCUT2D eigenvalue weighted by molar-refractivity contribution is -0.110. The first kappa shape index (κ1) is 28.5. The fourth-order valence-electron chi connectivity index (χ4n) is 6.93. The zero-order valence-electron chi connectivity index (χ0n) is 26.4. The highest BCUT2D eigenvalue weighted by Gasteiger charge is 2.23. The van der Waals surface area contributed by atoms with Crippen LogP contribution >= 0.6 is 0 Å². The Bertz CT molecular complexity index is 2560. The van der Waals surface area contributed by atoms with E-state index in [0.29, 0.717) is 0 Å². The van der Waals surface area contributed by atoms with Gasteiger partial charge in [-0.05, 0) is 83.0 Å². The molecule has 5 heteroatoms. The highest BCUT2D eigenvalue weighted by atomic mass is 16.1. The summed E-state index contributed by atoms with van der Waals surface area (Å²) in [7, 11) is 0. The molecule has 0 amide bonds. The van der Waals surface area contributed by atoms with E-state index in [9.17, 15) is 4.79 Å². The molecule has 0 unspecified atom stereocenters. The summed E-state index contributed by atoms with van der Waals surface area (Å²) in [6.07, 6.45) is 11.1. The van der Waals surface area contributed by atoms with Gasteiger partial charge in [0.15, 0.2) is 5.78 Å². The monoisotopic (exact) mass is 630 g/mol. The number of aromatic amines is 3. The average Bonchev–Trinajstić information content (AvgIpc) is 3.98. The van der Waals surface area contributed by atoms with E-state index in [2.05, 4.69) is 136 Å². The number of rotatable bonds is 3. The smallest absolute Gasteiger partial charge is 0.178 e. The maximum atomic E-state index is 12.2. The van der Waals surface area contributed by atoms with E-state index in [1.165, 1.54) is 0 Å². The number of nitrogens with zero attached hydrogens (tertiary/aromatic N) is 1. The number of benzene rings is 3. The number of aromatic nitrogens is 3. The molecule has 0 saturated carbocycles. The highest BCUT2D eigenvalue weighted by molar-refractivity contribution is 6.32. The van der Waals surface area contributed by atoms with Crippen LogP contribution in [0.25, 0.3) is 22.3 Å². The van der Waals surface area contributed by atoms with Crippen LogP contribution in [0.5, 0.6) is 0 Å². The Morgan fingerprint density at radius 1 is 0.388 bits per heavy atom. The minimum Gasteiger partial charge on any atom is -0.354 e. The molecule has 8 bridgehead atoms. The fraction of sp³-hybridized carbons (Fsp3) is 0. The number of hydrogen-bond donors (Lipinski definition) is 3. The predicted molar refractivity (Wildman–Crippen MR) is 197 cm³/mol. The molecule has 3 aromatic carbocycles. The third kappa shape index (κ3) is 5.14. The van der Waals surface area contributed by atoms with Gasteiger partial charge in [-0.1, -0.05) is 103 Å². The van der Waals surface area contributed by atoms with Crippen molar-refractivity contribution in [3.8, 4) is 0 Å². The van der Waals surface area contributed by atoms with Crippen molar-refractivity contribution >= 4 is 33.8 Å². The first-order valence-corrected chi connectivity index (χ1v) is 16.3. The molecule has 0 saturated heterocycles. The minimum absolute atomic E-state index is 0.0305. The molecule has 232 valence electrons. The number of carbonyl (C=O) groups is 1. The van der Waals surface area contributed by atoms with E-state index in [4.69, 9.17) is 4.99 Å². The van der Waals surface area contributed by atoms with Crippen LogP contribution < -0.4 is 10.7 Å². The number of carbonyl (C=O) groups excluding carboxylic acids is 1. The van der Waals surface area contributed by atoms with Gasteiger partial charge in [0.25, 0.3) is 0 Å². The van der Waals surface area contributed by atoms with Crippen LogP contribution in [0, 0.1) is 0 Å². The molecule has 0 spiro atoms. The topological polar surface area (TPSA) is 76.8 Å². The van der Waals surface area contributed by atoms with Crippen molar-refractivity contribution in [1.82, 2.24) is 15.0 Å². The van der Waals surface area contributed by atoms with E-state index in [0.717, 1.165) is 89.4 Å². The van der Waals surface area contributed by atoms with Gasteiger partial charge in [-0.2, -0.15) is 0 Å². The largest absolute Gasteiger partial charge is 0.354 e. The molecule has 5 nitrogen and oxygen atoms in total. The molecule has 0 fully saturated rings. The molecule has 9 rings (SSSR count). The second kappa shape index (κ2) is 11.8. The molecule has 1 aliphatic carbocycles. The van der Waals surface area contributed by atoms with Crippen LogP contribution in [0.3, 0.4) is 0 Å². The van der Waals surface area contributed by atoms with Crippen LogP contribution in [0.4, 0.5) is 0 Å². The fourth-order valence-corrected chi connectivity index (χ4v) is 6.93. The van der Waals surface area contributed by atoms with Gasteiger partial charge in [-0.3, -0.25) is 4.79 Å². The lowest BCUT2D eigenvalue weighted by Crippen LogP contribution is -2.17. The van der Waals surface area contributed by atoms with Crippen LogP contribution in [0.15, 0.2) is 180 Å². The molecule has 0 atom stereocenters. The van der Waals surface area contributed by atoms with E-state index in [-0.39, 0.29) is 5.78 Å². The Morgan fingerprint density at radius 2 is 0.837 bits per heavy atom. The van der Waals surface area contributed by atoms with Crippen LogP contribution in [-0.2, 0) is 4.79 Å². The zero-order valence-corrected chi connectivity index (χ0v) is 26.4. The normalized spacial score (nSPS) is 19.1. The lowest BCUT2D eigenvalue weighted by Gasteiger charge is -2.12. The minimum atomic E-state index is -0.0305. The van der Waals surface area contributed by atoms with Gasteiger partial charge < -0.3 is 15.0 Å². The summed E-state index contributed by atoms with van der Waals surface area (Å²) >= 11 is 0. The van der Waals surface area contributed by atoms with Crippen molar-refractivity contribution in [2.24, 2.45) is 4.99 Å². The van der Waals surface area contributed by atoms with E-state index in [1.54, 1.807) is 12.2 Å². The molecule has 6 aromatic rings. The average molecular weight is 631 g/mol. The maximum Gasteiger partial charge on any atom is 0.178 e. The van der Waals surface area contributed by atoms with Crippen molar-refractivity contribution in [2.45, 2.75) is 0 Å². The number of aliphatic imine (C=N–C) groups is 1. The van der Waals surface area contributed by atoms with Crippen LogP contribution in [-0.4, -0.2) is 26.4 Å². The molecule has 0 radical (unpaired) electrons. The summed E-state index contributed by atoms with van der Waals surface area (Å²) in [6, 6.07) is 44.2. The predicted octanol–water partition coefficient (Wildman–Crippen LogP) is 7.40. The van der Waals surface area contributed by atoms with Gasteiger partial charge in [0.1, 0.15) is 0 Å². The van der Waals surface area contributed by atoms with Crippen molar-refractivity contribution in [3.05, 3.63) is 225 Å². The molecule has 49 heavy (non-hydrogen) atoms. The quantitative estimate of drug-likeness (QED) is 0.187. The van der Waals surface area contributed by atoms with Crippen molar-refractivity contribution in [3.63, 3.8) is 0 Å². The molecule has 3 aliphatic rings. The number of allylic oxidation sites excluding steroid dienone is 8. The van der Waals surface area contributed by atoms with Crippen molar-refractivity contribution in [2.75, 3.05) is 0 Å². The third-order valence-electron chi connectivity index (χ3n) is 9.16. The van der Waals surface area contributed by atoms with Gasteiger partial charge in [-0.15, -0.1) is 0 Å². The molecule has 5 heterocycles. The standard InChI is InChI=1S/C44H30N4O/c49-32-18-16-31(17-19-32)44-39-26-24-37(47-39)42(29-12-6-2-7-13-29)35-22-20-33(45-35)41(28-10-4-1-5-11-28)34-21-23-36(46-34)43(30-14-8-3-9-15-30)38-25-27-40(44)48-38/h1-27,45-47H/b41-33-,42-35-,43-38-. The van der Waals surface area contributed by atoms with Crippen LogP contribution in [0.1, 0.15) is 39.5 Å². The third-order valence-corrected chi connectivity index (χ3v) is 9.16. The van der Waals surface area contributed by atoms with Crippen molar-refractivity contribution in [1.29, 1.82) is 0 Å². The van der Waals surface area contributed by atoms with Gasteiger partial charge >= 0.3 is 0 Å². The number of nitrogens with one attached hydrogen (secondary N) is 3. The van der Waals surface area contributed by atoms with Crippen molar-refractivity contribution < 1.29 is 4.79 Å². The second-order valence-electron chi connectivity index (χ2n) is 12.2. The summed E-state index contributed by atoms with van der Waals surface area (Å²) in [6.45, 7) is 0. The van der Waals surface area contributed by atoms with Crippen LogP contribution in [0.2, 0.25) is 0 Å². The Kier molecular flexibility index (Phi) is 6.87. The SMILES string of the molecule is O=C1C=CC(=C2C3=N/C(=C(/c4ccccc4)c4ccc([nH]4)/C(c4ccccc4)=c4/cc/c([nH]4)=C(\c4ccccc4)c4ccc2[nH]4)C=C3)C=C1. The van der Waals surface area contributed by atoms with E-state index >= 15 is 0 Å². The highest BCUT2D eigenvalue weighted by Crippen LogP contribution is 2.35. The van der Waals surface area contributed by atoms with E-state index < -0.39 is 0 Å². The summed E-state index contributed by atoms with van der Waals surface area (Å²) in [5.41, 5.74) is 13.7.